The van der Waals surface area contributed by atoms with E-state index in [0.717, 1.165) is 17.4 Å². The van der Waals surface area contributed by atoms with Crippen molar-refractivity contribution < 1.29 is 18.3 Å². The van der Waals surface area contributed by atoms with Crippen molar-refractivity contribution in [2.24, 2.45) is 0 Å². The standard InChI is InChI=1S/C7H5BrN2O4S2/c8-6-5(3-4(15-6)7(11)12)16(13,14)10-2-1-9/h3,10H,2H2,(H,11,12). The number of sulfonamides is 1. The van der Waals surface area contributed by atoms with Gasteiger partial charge in [0.1, 0.15) is 9.77 Å². The second-order valence-electron chi connectivity index (χ2n) is 2.54. The molecular weight excluding hydrogens is 320 g/mol. The van der Waals surface area contributed by atoms with Crippen molar-refractivity contribution in [3.05, 3.63) is 14.7 Å². The molecule has 1 aromatic heterocycles. The van der Waals surface area contributed by atoms with Crippen molar-refractivity contribution in [3.63, 3.8) is 0 Å². The van der Waals surface area contributed by atoms with Crippen LogP contribution in [-0.2, 0) is 10.0 Å². The Bertz CT molecular complexity index is 557. The van der Waals surface area contributed by atoms with E-state index >= 15 is 0 Å². The summed E-state index contributed by atoms with van der Waals surface area (Å²) in [6.45, 7) is -0.368. The van der Waals surface area contributed by atoms with Gasteiger partial charge in [0.25, 0.3) is 0 Å². The SMILES string of the molecule is N#CCNS(=O)(=O)c1cc(C(=O)O)sc1Br. The highest BCUT2D eigenvalue weighted by molar-refractivity contribution is 9.11. The van der Waals surface area contributed by atoms with E-state index in [-0.39, 0.29) is 20.1 Å². The van der Waals surface area contributed by atoms with Crippen LogP contribution < -0.4 is 4.72 Å². The third-order valence-electron chi connectivity index (χ3n) is 1.50. The molecule has 0 radical (unpaired) electrons. The molecule has 9 heteroatoms. The van der Waals surface area contributed by atoms with Gasteiger partial charge in [0.15, 0.2) is 0 Å². The topological polar surface area (TPSA) is 107 Å². The highest BCUT2D eigenvalue weighted by Crippen LogP contribution is 2.31. The van der Waals surface area contributed by atoms with Crippen molar-refractivity contribution in [1.82, 2.24) is 4.72 Å². The zero-order valence-electron chi connectivity index (χ0n) is 7.60. The van der Waals surface area contributed by atoms with Gasteiger partial charge in [0.2, 0.25) is 10.0 Å². The number of nitriles is 1. The Morgan fingerprint density at radius 3 is 2.75 bits per heavy atom. The first kappa shape index (κ1) is 13.1. The van der Waals surface area contributed by atoms with Gasteiger partial charge in [-0.1, -0.05) is 0 Å². The summed E-state index contributed by atoms with van der Waals surface area (Å²) in [5, 5.41) is 16.9. The molecule has 16 heavy (non-hydrogen) atoms. The lowest BCUT2D eigenvalue weighted by Crippen LogP contribution is -2.23. The van der Waals surface area contributed by atoms with Gasteiger partial charge in [0, 0.05) is 0 Å². The van der Waals surface area contributed by atoms with E-state index in [1.807, 2.05) is 4.72 Å². The number of carboxylic acid groups (broad SMARTS) is 1. The van der Waals surface area contributed by atoms with E-state index in [9.17, 15) is 13.2 Å². The Balaban J connectivity index is 3.14. The average molecular weight is 325 g/mol. The predicted molar refractivity (Wildman–Crippen MR) is 59.8 cm³/mol. The number of thiophene rings is 1. The monoisotopic (exact) mass is 324 g/mol. The molecule has 2 N–H and O–H groups in total. The zero-order chi connectivity index (χ0) is 12.3. The number of carbonyl (C=O) groups is 1. The van der Waals surface area contributed by atoms with Crippen molar-refractivity contribution in [2.45, 2.75) is 4.90 Å². The van der Waals surface area contributed by atoms with Gasteiger partial charge in [-0.3, -0.25) is 0 Å². The van der Waals surface area contributed by atoms with E-state index < -0.39 is 16.0 Å². The molecule has 1 rings (SSSR count). The normalized spacial score (nSPS) is 11.0. The van der Waals surface area contributed by atoms with Gasteiger partial charge in [-0.05, 0) is 22.0 Å². The minimum atomic E-state index is -3.84. The summed E-state index contributed by atoms with van der Waals surface area (Å²) in [5.41, 5.74) is 0. The van der Waals surface area contributed by atoms with E-state index in [4.69, 9.17) is 10.4 Å². The molecule has 0 fully saturated rings. The molecule has 0 saturated heterocycles. The molecule has 0 aromatic carbocycles. The van der Waals surface area contributed by atoms with Crippen molar-refractivity contribution in [2.75, 3.05) is 6.54 Å². The lowest BCUT2D eigenvalue weighted by Gasteiger charge is -2.00. The summed E-state index contributed by atoms with van der Waals surface area (Å²) in [5.74, 6) is -1.20. The third kappa shape index (κ3) is 2.79. The molecule has 1 aromatic rings. The van der Waals surface area contributed by atoms with Crippen molar-refractivity contribution in [3.8, 4) is 6.07 Å². The first-order chi connectivity index (χ1) is 7.38. The molecule has 0 atom stereocenters. The lowest BCUT2D eigenvalue weighted by atomic mass is 10.5. The fourth-order valence-corrected chi connectivity index (χ4v) is 4.16. The minimum absolute atomic E-state index is 0.0933. The number of carboxylic acids is 1. The highest BCUT2D eigenvalue weighted by Gasteiger charge is 2.22. The molecule has 86 valence electrons. The van der Waals surface area contributed by atoms with Crippen LogP contribution >= 0.6 is 27.3 Å². The quantitative estimate of drug-likeness (QED) is 0.804. The molecule has 0 aliphatic heterocycles. The number of nitrogens with zero attached hydrogens (tertiary/aromatic N) is 1. The van der Waals surface area contributed by atoms with E-state index in [1.165, 1.54) is 0 Å². The van der Waals surface area contributed by atoms with Crippen LogP contribution in [0.1, 0.15) is 9.67 Å². The molecule has 0 aliphatic carbocycles. The van der Waals surface area contributed by atoms with E-state index in [0.29, 0.717) is 0 Å². The smallest absolute Gasteiger partial charge is 0.345 e. The largest absolute Gasteiger partial charge is 0.477 e. The maximum absolute atomic E-state index is 11.6. The number of nitrogens with one attached hydrogen (secondary N) is 1. The summed E-state index contributed by atoms with van der Waals surface area (Å²) in [7, 11) is -3.84. The molecule has 0 saturated carbocycles. The maximum Gasteiger partial charge on any atom is 0.345 e. The van der Waals surface area contributed by atoms with Crippen LogP contribution in [0.2, 0.25) is 0 Å². The fraction of sp³-hybridized carbons (Fsp3) is 0.143. The molecule has 0 aliphatic rings. The summed E-state index contributed by atoms with van der Waals surface area (Å²) < 4.78 is 25.3. The van der Waals surface area contributed by atoms with E-state index in [2.05, 4.69) is 15.9 Å². The fourth-order valence-electron chi connectivity index (χ4n) is 0.846. The first-order valence-corrected chi connectivity index (χ1v) is 6.87. The minimum Gasteiger partial charge on any atom is -0.477 e. The summed E-state index contributed by atoms with van der Waals surface area (Å²) in [6, 6.07) is 2.66. The van der Waals surface area contributed by atoms with Crippen LogP contribution in [0.4, 0.5) is 0 Å². The molecule has 0 unspecified atom stereocenters. The zero-order valence-corrected chi connectivity index (χ0v) is 10.8. The van der Waals surface area contributed by atoms with Gasteiger partial charge < -0.3 is 5.11 Å². The van der Waals surface area contributed by atoms with Crippen LogP contribution in [0.5, 0.6) is 0 Å². The first-order valence-electron chi connectivity index (χ1n) is 3.77. The van der Waals surface area contributed by atoms with Crippen molar-refractivity contribution >= 4 is 43.3 Å². The number of hydrogen-bond donors (Lipinski definition) is 2. The number of aromatic carboxylic acids is 1. The summed E-state index contributed by atoms with van der Waals surface area (Å²) in [6.07, 6.45) is 0. The van der Waals surface area contributed by atoms with Crippen LogP contribution in [0.25, 0.3) is 0 Å². The number of hydrogen-bond acceptors (Lipinski definition) is 5. The van der Waals surface area contributed by atoms with Crippen molar-refractivity contribution in [1.29, 1.82) is 5.26 Å². The molecule has 6 nitrogen and oxygen atoms in total. The van der Waals surface area contributed by atoms with Crippen LogP contribution in [-0.4, -0.2) is 26.0 Å². The second kappa shape index (κ2) is 4.92. The van der Waals surface area contributed by atoms with Crippen LogP contribution in [0.3, 0.4) is 0 Å². The molecule has 0 amide bonds. The Labute approximate surface area is 104 Å². The Kier molecular flexibility index (Phi) is 4.03. The van der Waals surface area contributed by atoms with Gasteiger partial charge in [-0.2, -0.15) is 9.98 Å². The molecule has 0 bridgehead atoms. The number of halogens is 1. The Hall–Kier alpha value is -0.950. The number of rotatable bonds is 4. The summed E-state index contributed by atoms with van der Waals surface area (Å²) in [4.78, 5) is 10.4. The second-order valence-corrected chi connectivity index (χ2v) is 6.64. The molecule has 0 spiro atoms. The van der Waals surface area contributed by atoms with E-state index in [1.54, 1.807) is 6.07 Å². The highest BCUT2D eigenvalue weighted by atomic mass is 79.9. The van der Waals surface area contributed by atoms with Crippen LogP contribution in [0.15, 0.2) is 14.7 Å². The predicted octanol–water partition coefficient (Wildman–Crippen LogP) is 1.01. The van der Waals surface area contributed by atoms with Gasteiger partial charge in [-0.15, -0.1) is 11.3 Å². The van der Waals surface area contributed by atoms with Crippen LogP contribution in [0, 0.1) is 11.3 Å². The van der Waals surface area contributed by atoms with Gasteiger partial charge in [-0.25, -0.2) is 13.2 Å². The summed E-state index contributed by atoms with van der Waals surface area (Å²) >= 11 is 3.76. The van der Waals surface area contributed by atoms with Gasteiger partial charge in [0.05, 0.1) is 16.4 Å². The maximum atomic E-state index is 11.6. The lowest BCUT2D eigenvalue weighted by molar-refractivity contribution is 0.0702. The molecule has 1 heterocycles. The van der Waals surface area contributed by atoms with Gasteiger partial charge >= 0.3 is 5.97 Å². The molecular formula is C7H5BrN2O4S2. The Morgan fingerprint density at radius 2 is 2.31 bits per heavy atom. The Morgan fingerprint density at radius 1 is 1.69 bits per heavy atom. The average Bonchev–Trinajstić information content (AvgIpc) is 2.58. The third-order valence-corrected chi connectivity index (χ3v) is 5.14.